The number of amides is 1. The minimum absolute atomic E-state index is 0.0483. The highest BCUT2D eigenvalue weighted by atomic mass is 19.4. The molecule has 5 rings (SSSR count). The number of rotatable bonds is 5. The lowest BCUT2D eigenvalue weighted by atomic mass is 10.1. The lowest BCUT2D eigenvalue weighted by Crippen LogP contribution is -2.24. The molecule has 2 aromatic carbocycles. The molecule has 10 heteroatoms. The van der Waals surface area contributed by atoms with Crippen molar-refractivity contribution in [1.29, 1.82) is 0 Å². The largest absolute Gasteiger partial charge is 0.573 e. The monoisotopic (exact) mass is 449 g/mol. The van der Waals surface area contributed by atoms with Gasteiger partial charge in [0, 0.05) is 24.1 Å². The van der Waals surface area contributed by atoms with E-state index in [0.717, 1.165) is 35.9 Å². The Balaban J connectivity index is 1.39. The summed E-state index contributed by atoms with van der Waals surface area (Å²) in [6, 6.07) is 8.45. The number of hydrogen-bond donors (Lipinski definition) is 1. The summed E-state index contributed by atoms with van der Waals surface area (Å²) in [7, 11) is 0. The van der Waals surface area contributed by atoms with Gasteiger partial charge in [0.05, 0.1) is 5.69 Å². The Morgan fingerprint density at radius 2 is 2.00 bits per heavy atom. The average Bonchev–Trinajstić information content (AvgIpc) is 3.21. The molecule has 0 radical (unpaired) electrons. The minimum atomic E-state index is -4.81. The molecule has 2 atom stereocenters. The van der Waals surface area contributed by atoms with Crippen LogP contribution in [0.1, 0.15) is 39.6 Å². The van der Waals surface area contributed by atoms with Crippen molar-refractivity contribution >= 4 is 5.91 Å². The fourth-order valence-corrected chi connectivity index (χ4v) is 4.25. The first kappa shape index (κ1) is 20.5. The van der Waals surface area contributed by atoms with Gasteiger partial charge in [0.1, 0.15) is 17.3 Å². The van der Waals surface area contributed by atoms with Crippen LogP contribution in [0, 0.1) is 17.6 Å². The van der Waals surface area contributed by atoms with E-state index in [1.807, 2.05) is 0 Å². The van der Waals surface area contributed by atoms with Crippen LogP contribution in [0.4, 0.5) is 22.0 Å². The van der Waals surface area contributed by atoms with Gasteiger partial charge in [0.15, 0.2) is 11.5 Å². The molecule has 0 aliphatic heterocycles. The smallest absolute Gasteiger partial charge is 0.406 e. The Morgan fingerprint density at radius 3 is 2.75 bits per heavy atom. The predicted octanol–water partition coefficient (Wildman–Crippen LogP) is 4.64. The van der Waals surface area contributed by atoms with Gasteiger partial charge >= 0.3 is 6.36 Å². The summed E-state index contributed by atoms with van der Waals surface area (Å²) in [5.41, 5.74) is 2.08. The van der Waals surface area contributed by atoms with Crippen molar-refractivity contribution in [2.75, 3.05) is 0 Å². The number of halogens is 5. The average molecular weight is 449 g/mol. The Hall–Kier alpha value is -3.43. The maximum atomic E-state index is 14.4. The summed E-state index contributed by atoms with van der Waals surface area (Å²) in [6.07, 6.45) is -3.25. The van der Waals surface area contributed by atoms with Gasteiger partial charge in [-0.2, -0.15) is 5.10 Å². The molecule has 1 saturated carbocycles. The van der Waals surface area contributed by atoms with Crippen molar-refractivity contribution in [1.82, 2.24) is 15.1 Å². The molecule has 2 aliphatic rings. The molecule has 1 fully saturated rings. The van der Waals surface area contributed by atoms with E-state index in [-0.39, 0.29) is 29.6 Å². The minimum Gasteiger partial charge on any atom is -0.406 e. The normalized spacial score (nSPS) is 18.8. The summed E-state index contributed by atoms with van der Waals surface area (Å²) in [4.78, 5) is 12.8. The van der Waals surface area contributed by atoms with Gasteiger partial charge in [0.2, 0.25) is 0 Å². The number of benzene rings is 2. The highest BCUT2D eigenvalue weighted by Crippen LogP contribution is 2.57. The van der Waals surface area contributed by atoms with Crippen molar-refractivity contribution < 1.29 is 31.5 Å². The maximum absolute atomic E-state index is 14.4. The van der Waals surface area contributed by atoms with Crippen molar-refractivity contribution in [2.24, 2.45) is 5.92 Å². The molecule has 1 aromatic heterocycles. The van der Waals surface area contributed by atoms with Crippen LogP contribution < -0.4 is 10.1 Å². The standard InChI is InChI=1S/C22H16F5N3O2/c23-13-4-5-18(17(24)9-13)30-20-15-7-12(15)8-16(20)19(29-30)21(31)28-10-11-2-1-3-14(6-11)32-22(25,26)27/h1-6,9,12,15H,7-8,10H2,(H,28,31)/t12-,15-/m1/s1. The summed E-state index contributed by atoms with van der Waals surface area (Å²) in [5.74, 6) is -1.85. The van der Waals surface area contributed by atoms with Gasteiger partial charge in [0.25, 0.3) is 5.91 Å². The van der Waals surface area contributed by atoms with Crippen molar-refractivity contribution in [3.8, 4) is 11.4 Å². The van der Waals surface area contributed by atoms with Gasteiger partial charge < -0.3 is 10.1 Å². The second-order valence-corrected chi connectivity index (χ2v) is 7.90. The van der Waals surface area contributed by atoms with E-state index in [1.54, 1.807) is 6.07 Å². The fourth-order valence-electron chi connectivity index (χ4n) is 4.25. The van der Waals surface area contributed by atoms with Crippen LogP contribution in [0.3, 0.4) is 0 Å². The summed E-state index contributed by atoms with van der Waals surface area (Å²) < 4.78 is 70.2. The molecule has 0 unspecified atom stereocenters. The number of nitrogens with zero attached hydrogens (tertiary/aromatic N) is 2. The molecule has 3 aromatic rings. The quantitative estimate of drug-likeness (QED) is 0.578. The molecular weight excluding hydrogens is 433 g/mol. The SMILES string of the molecule is O=C(NCc1cccc(OC(F)(F)F)c1)c1nn(-c2ccc(F)cc2F)c2c1C[C@H]1C[C@@H]21. The van der Waals surface area contributed by atoms with Gasteiger partial charge in [-0.25, -0.2) is 13.5 Å². The third-order valence-electron chi connectivity index (χ3n) is 5.70. The molecule has 0 saturated heterocycles. The second kappa shape index (κ2) is 7.32. The first-order chi connectivity index (χ1) is 15.2. The lowest BCUT2D eigenvalue weighted by Gasteiger charge is -2.10. The zero-order valence-corrected chi connectivity index (χ0v) is 16.4. The zero-order valence-electron chi connectivity index (χ0n) is 16.4. The Kier molecular flexibility index (Phi) is 4.68. The van der Waals surface area contributed by atoms with E-state index in [2.05, 4.69) is 15.2 Å². The van der Waals surface area contributed by atoms with Crippen LogP contribution in [0.25, 0.3) is 5.69 Å². The Morgan fingerprint density at radius 1 is 1.19 bits per heavy atom. The van der Waals surface area contributed by atoms with E-state index < -0.39 is 23.9 Å². The number of aromatic nitrogens is 2. The topological polar surface area (TPSA) is 56.1 Å². The summed E-state index contributed by atoms with van der Waals surface area (Å²) in [5, 5.41) is 6.96. The first-order valence-electron chi connectivity index (χ1n) is 9.89. The van der Waals surface area contributed by atoms with Crippen LogP contribution in [0.15, 0.2) is 42.5 Å². The number of alkyl halides is 3. The Bertz CT molecular complexity index is 1220. The number of carbonyl (C=O) groups is 1. The lowest BCUT2D eigenvalue weighted by molar-refractivity contribution is -0.274. The van der Waals surface area contributed by atoms with Gasteiger partial charge in [-0.1, -0.05) is 12.1 Å². The molecule has 0 spiro atoms. The van der Waals surface area contributed by atoms with Crippen molar-refractivity contribution in [2.45, 2.75) is 31.7 Å². The highest BCUT2D eigenvalue weighted by molar-refractivity contribution is 5.94. The third-order valence-corrected chi connectivity index (χ3v) is 5.70. The van der Waals surface area contributed by atoms with E-state index >= 15 is 0 Å². The van der Waals surface area contributed by atoms with Crippen LogP contribution in [-0.2, 0) is 13.0 Å². The molecule has 1 N–H and O–H groups in total. The van der Waals surface area contributed by atoms with E-state index in [4.69, 9.17) is 0 Å². The molecule has 32 heavy (non-hydrogen) atoms. The fraction of sp³-hybridized carbons (Fsp3) is 0.273. The second-order valence-electron chi connectivity index (χ2n) is 7.90. The van der Waals surface area contributed by atoms with Crippen molar-refractivity contribution in [3.63, 3.8) is 0 Å². The summed E-state index contributed by atoms with van der Waals surface area (Å²) >= 11 is 0. The molecule has 1 heterocycles. The maximum Gasteiger partial charge on any atom is 0.573 e. The zero-order chi connectivity index (χ0) is 22.6. The highest BCUT2D eigenvalue weighted by Gasteiger charge is 2.50. The number of ether oxygens (including phenoxy) is 1. The number of nitrogens with one attached hydrogen (secondary N) is 1. The number of carbonyl (C=O) groups excluding carboxylic acids is 1. The van der Waals surface area contributed by atoms with E-state index in [9.17, 15) is 26.7 Å². The number of fused-ring (bicyclic) bond motifs is 3. The first-order valence-corrected chi connectivity index (χ1v) is 9.89. The van der Waals surface area contributed by atoms with Gasteiger partial charge in [-0.05, 0) is 48.6 Å². The Labute approximate surface area is 178 Å². The van der Waals surface area contributed by atoms with Gasteiger partial charge in [-0.3, -0.25) is 4.79 Å². The van der Waals surface area contributed by atoms with Gasteiger partial charge in [-0.15, -0.1) is 13.2 Å². The third kappa shape index (κ3) is 3.80. The van der Waals surface area contributed by atoms with Crippen LogP contribution in [0.2, 0.25) is 0 Å². The molecular formula is C22H16F5N3O2. The summed E-state index contributed by atoms with van der Waals surface area (Å²) in [6.45, 7) is -0.0483. The van der Waals surface area contributed by atoms with Crippen molar-refractivity contribution in [3.05, 3.63) is 76.6 Å². The van der Waals surface area contributed by atoms with Crippen LogP contribution in [-0.4, -0.2) is 22.1 Å². The molecule has 0 bridgehead atoms. The molecule has 2 aliphatic carbocycles. The van der Waals surface area contributed by atoms with Crippen LogP contribution in [0.5, 0.6) is 5.75 Å². The molecule has 166 valence electrons. The van der Waals surface area contributed by atoms with Crippen LogP contribution >= 0.6 is 0 Å². The molecule has 1 amide bonds. The number of hydrogen-bond acceptors (Lipinski definition) is 3. The predicted molar refractivity (Wildman–Crippen MR) is 102 cm³/mol. The molecule has 5 nitrogen and oxygen atoms in total. The van der Waals surface area contributed by atoms with E-state index in [0.29, 0.717) is 17.9 Å². The van der Waals surface area contributed by atoms with E-state index in [1.165, 1.54) is 22.9 Å².